The molecule has 3 rings (SSSR count). The zero-order valence-corrected chi connectivity index (χ0v) is 12.3. The van der Waals surface area contributed by atoms with Crippen molar-refractivity contribution in [1.82, 2.24) is 4.57 Å². The van der Waals surface area contributed by atoms with Crippen LogP contribution in [0.15, 0.2) is 24.4 Å². The molecule has 2 nitrogen and oxygen atoms in total. The summed E-state index contributed by atoms with van der Waals surface area (Å²) in [6.07, 6.45) is 4.25. The van der Waals surface area contributed by atoms with Gasteiger partial charge in [0.05, 0.1) is 26.9 Å². The van der Waals surface area contributed by atoms with Crippen molar-refractivity contribution in [2.75, 3.05) is 0 Å². The normalized spacial score (nSPS) is 18.4. The number of benzene rings is 1. The summed E-state index contributed by atoms with van der Waals surface area (Å²) in [5.74, 6) is 0. The predicted octanol–water partition coefficient (Wildman–Crippen LogP) is 4.81. The van der Waals surface area contributed by atoms with E-state index < -0.39 is 0 Å². The van der Waals surface area contributed by atoms with Gasteiger partial charge in [-0.2, -0.15) is 0 Å². The highest BCUT2D eigenvalue weighted by atomic mass is 35.5. The SMILES string of the molecule is OC1CCCc2c1ccn2-c1cc(Cl)c(Cl)cc1Cl. The molecule has 0 saturated heterocycles. The van der Waals surface area contributed by atoms with E-state index in [9.17, 15) is 5.11 Å². The van der Waals surface area contributed by atoms with Crippen LogP contribution in [0.1, 0.15) is 30.2 Å². The van der Waals surface area contributed by atoms with Gasteiger partial charge in [0.25, 0.3) is 0 Å². The zero-order valence-electron chi connectivity index (χ0n) is 10.0. The summed E-state index contributed by atoms with van der Waals surface area (Å²) in [7, 11) is 0. The zero-order chi connectivity index (χ0) is 13.6. The molecule has 0 saturated carbocycles. The first-order valence-corrected chi connectivity index (χ1v) is 7.24. The Bertz CT molecular complexity index is 636. The number of rotatable bonds is 1. The lowest BCUT2D eigenvalue weighted by Crippen LogP contribution is -2.11. The minimum absolute atomic E-state index is 0.383. The van der Waals surface area contributed by atoms with Crippen LogP contribution in [0.5, 0.6) is 0 Å². The van der Waals surface area contributed by atoms with Crippen molar-refractivity contribution in [1.29, 1.82) is 0 Å². The Balaban J connectivity index is 2.16. The molecule has 1 aliphatic carbocycles. The molecule has 0 fully saturated rings. The number of nitrogens with zero attached hydrogens (tertiary/aromatic N) is 1. The van der Waals surface area contributed by atoms with Crippen LogP contribution in [0.2, 0.25) is 15.1 Å². The Hall–Kier alpha value is -0.670. The van der Waals surface area contributed by atoms with Crippen molar-refractivity contribution >= 4 is 34.8 Å². The third-order valence-electron chi connectivity index (χ3n) is 3.53. The minimum Gasteiger partial charge on any atom is -0.388 e. The third kappa shape index (κ3) is 2.27. The van der Waals surface area contributed by atoms with Crippen molar-refractivity contribution in [2.45, 2.75) is 25.4 Å². The summed E-state index contributed by atoms with van der Waals surface area (Å²) in [4.78, 5) is 0. The van der Waals surface area contributed by atoms with E-state index in [1.165, 1.54) is 0 Å². The molecule has 100 valence electrons. The van der Waals surface area contributed by atoms with Crippen molar-refractivity contribution in [3.8, 4) is 5.69 Å². The first-order chi connectivity index (χ1) is 9.08. The molecular formula is C14H12Cl3NO. The summed E-state index contributed by atoms with van der Waals surface area (Å²) in [6, 6.07) is 5.35. The van der Waals surface area contributed by atoms with E-state index in [-0.39, 0.29) is 6.10 Å². The van der Waals surface area contributed by atoms with Gasteiger partial charge in [0.15, 0.2) is 0 Å². The monoisotopic (exact) mass is 315 g/mol. The number of aliphatic hydroxyl groups is 1. The van der Waals surface area contributed by atoms with Gasteiger partial charge < -0.3 is 9.67 Å². The van der Waals surface area contributed by atoms with Gasteiger partial charge in [-0.05, 0) is 37.5 Å². The standard InChI is InChI=1S/C14H12Cl3NO/c15-9-6-11(17)13(7-10(9)16)18-5-4-8-12(18)2-1-3-14(8)19/h4-7,14,19H,1-3H2. The fourth-order valence-electron chi connectivity index (χ4n) is 2.59. The summed E-state index contributed by atoms with van der Waals surface area (Å²) < 4.78 is 1.99. The fourth-order valence-corrected chi connectivity index (χ4v) is 3.22. The highest BCUT2D eigenvalue weighted by molar-refractivity contribution is 6.43. The van der Waals surface area contributed by atoms with Crippen LogP contribution < -0.4 is 0 Å². The molecule has 0 spiro atoms. The number of hydrogen-bond donors (Lipinski definition) is 1. The number of halogens is 3. The molecule has 1 N–H and O–H groups in total. The molecule has 0 bridgehead atoms. The van der Waals surface area contributed by atoms with E-state index in [2.05, 4.69) is 0 Å². The van der Waals surface area contributed by atoms with Gasteiger partial charge in [-0.3, -0.25) is 0 Å². The van der Waals surface area contributed by atoms with Gasteiger partial charge >= 0.3 is 0 Å². The maximum Gasteiger partial charge on any atom is 0.0807 e. The second kappa shape index (κ2) is 5.02. The molecule has 0 amide bonds. The van der Waals surface area contributed by atoms with Gasteiger partial charge in [-0.25, -0.2) is 0 Å². The Labute approximate surface area is 126 Å². The lowest BCUT2D eigenvalue weighted by atomic mass is 9.95. The molecule has 1 aliphatic rings. The smallest absolute Gasteiger partial charge is 0.0807 e. The number of hydrogen-bond acceptors (Lipinski definition) is 1. The second-order valence-corrected chi connectivity index (χ2v) is 5.94. The van der Waals surface area contributed by atoms with Crippen LogP contribution >= 0.6 is 34.8 Å². The van der Waals surface area contributed by atoms with Gasteiger partial charge in [0.1, 0.15) is 0 Å². The number of aliphatic hydroxyl groups excluding tert-OH is 1. The molecule has 19 heavy (non-hydrogen) atoms. The van der Waals surface area contributed by atoms with E-state index in [1.54, 1.807) is 12.1 Å². The largest absolute Gasteiger partial charge is 0.388 e. The first kappa shape index (κ1) is 13.3. The van der Waals surface area contributed by atoms with Crippen LogP contribution in [-0.4, -0.2) is 9.67 Å². The summed E-state index contributed by atoms with van der Waals surface area (Å²) in [6.45, 7) is 0. The summed E-state index contributed by atoms with van der Waals surface area (Å²) in [5, 5.41) is 11.5. The number of aromatic nitrogens is 1. The molecule has 1 aromatic carbocycles. The maximum atomic E-state index is 10.00. The lowest BCUT2D eigenvalue weighted by molar-refractivity contribution is 0.156. The predicted molar refractivity (Wildman–Crippen MR) is 78.7 cm³/mol. The molecular weight excluding hydrogens is 305 g/mol. The first-order valence-electron chi connectivity index (χ1n) is 6.11. The van der Waals surface area contributed by atoms with E-state index >= 15 is 0 Å². The van der Waals surface area contributed by atoms with Gasteiger partial charge in [-0.15, -0.1) is 0 Å². The Morgan fingerprint density at radius 3 is 2.63 bits per heavy atom. The van der Waals surface area contributed by atoms with Crippen LogP contribution in [0.4, 0.5) is 0 Å². The van der Waals surface area contributed by atoms with Crippen molar-refractivity contribution in [3.63, 3.8) is 0 Å². The molecule has 1 heterocycles. The lowest BCUT2D eigenvalue weighted by Gasteiger charge is -2.20. The summed E-state index contributed by atoms with van der Waals surface area (Å²) in [5.41, 5.74) is 2.87. The fraction of sp³-hybridized carbons (Fsp3) is 0.286. The topological polar surface area (TPSA) is 25.2 Å². The molecule has 0 radical (unpaired) electrons. The molecule has 1 unspecified atom stereocenters. The average Bonchev–Trinajstić information content (AvgIpc) is 2.79. The van der Waals surface area contributed by atoms with Gasteiger partial charge in [0.2, 0.25) is 0 Å². The van der Waals surface area contributed by atoms with Crippen molar-refractivity contribution in [2.24, 2.45) is 0 Å². The maximum absolute atomic E-state index is 10.00. The van der Waals surface area contributed by atoms with E-state index in [0.717, 1.165) is 36.2 Å². The van der Waals surface area contributed by atoms with Crippen LogP contribution in [-0.2, 0) is 6.42 Å². The van der Waals surface area contributed by atoms with Crippen molar-refractivity contribution in [3.05, 3.63) is 50.7 Å². The van der Waals surface area contributed by atoms with E-state index in [0.29, 0.717) is 15.1 Å². The second-order valence-electron chi connectivity index (χ2n) is 4.71. The highest BCUT2D eigenvalue weighted by Gasteiger charge is 2.22. The van der Waals surface area contributed by atoms with Crippen molar-refractivity contribution < 1.29 is 5.11 Å². The Morgan fingerprint density at radius 1 is 1.11 bits per heavy atom. The van der Waals surface area contributed by atoms with Gasteiger partial charge in [-0.1, -0.05) is 34.8 Å². The van der Waals surface area contributed by atoms with Gasteiger partial charge in [0, 0.05) is 17.5 Å². The van der Waals surface area contributed by atoms with E-state index in [4.69, 9.17) is 34.8 Å². The summed E-state index contributed by atoms with van der Waals surface area (Å²) >= 11 is 18.3. The van der Waals surface area contributed by atoms with Crippen LogP contribution in [0.3, 0.4) is 0 Å². The van der Waals surface area contributed by atoms with Crippen LogP contribution in [0.25, 0.3) is 5.69 Å². The van der Waals surface area contributed by atoms with E-state index in [1.807, 2.05) is 16.8 Å². The molecule has 5 heteroatoms. The third-order valence-corrected chi connectivity index (χ3v) is 4.55. The quantitative estimate of drug-likeness (QED) is 0.751. The molecule has 2 aromatic rings. The average molecular weight is 317 g/mol. The molecule has 0 aliphatic heterocycles. The highest BCUT2D eigenvalue weighted by Crippen LogP contribution is 2.36. The van der Waals surface area contributed by atoms with Crippen LogP contribution in [0, 0.1) is 0 Å². The molecule has 1 aromatic heterocycles. The Morgan fingerprint density at radius 2 is 1.84 bits per heavy atom. The Kier molecular flexibility index (Phi) is 3.52. The minimum atomic E-state index is -0.383. The number of fused-ring (bicyclic) bond motifs is 1. The molecule has 1 atom stereocenters.